The van der Waals surface area contributed by atoms with Gasteiger partial charge < -0.3 is 19.1 Å². The van der Waals surface area contributed by atoms with Crippen molar-refractivity contribution in [2.75, 3.05) is 13.6 Å². The van der Waals surface area contributed by atoms with Crippen LogP contribution >= 0.6 is 0 Å². The number of ether oxygens (including phenoxy) is 1. The quantitative estimate of drug-likeness (QED) is 0.707. The lowest BCUT2D eigenvalue weighted by Crippen LogP contribution is -2.45. The van der Waals surface area contributed by atoms with E-state index in [1.54, 1.807) is 18.1 Å². The third-order valence-corrected chi connectivity index (χ3v) is 6.47. The Kier molecular flexibility index (Phi) is 4.37. The highest BCUT2D eigenvalue weighted by atomic mass is 16.5. The van der Waals surface area contributed by atoms with Gasteiger partial charge in [-0.2, -0.15) is 0 Å². The third kappa shape index (κ3) is 2.63. The Morgan fingerprint density at radius 3 is 2.81 bits per heavy atom. The monoisotopic (exact) mass is 372 g/mol. The van der Waals surface area contributed by atoms with Crippen LogP contribution in [0.15, 0.2) is 24.5 Å². The molecular formula is C20H28N4O3. The van der Waals surface area contributed by atoms with E-state index in [0.29, 0.717) is 13.1 Å². The van der Waals surface area contributed by atoms with Gasteiger partial charge in [0.05, 0.1) is 31.0 Å². The van der Waals surface area contributed by atoms with E-state index in [-0.39, 0.29) is 24.0 Å². The van der Waals surface area contributed by atoms with Crippen molar-refractivity contribution in [2.24, 2.45) is 18.9 Å². The predicted molar refractivity (Wildman–Crippen MR) is 99.5 cm³/mol. The second-order valence-electron chi connectivity index (χ2n) is 7.99. The largest absolute Gasteiger partial charge is 0.360 e. The molecule has 2 saturated heterocycles. The van der Waals surface area contributed by atoms with E-state index in [0.717, 1.165) is 18.7 Å². The first kappa shape index (κ1) is 18.2. The van der Waals surface area contributed by atoms with Crippen molar-refractivity contribution < 1.29 is 14.3 Å². The first-order valence-electron chi connectivity index (χ1n) is 9.80. The summed E-state index contributed by atoms with van der Waals surface area (Å²) in [5, 5.41) is 0. The Labute approximate surface area is 160 Å². The fourth-order valence-corrected chi connectivity index (χ4v) is 4.94. The number of fused-ring (bicyclic) bond motifs is 1. The highest BCUT2D eigenvalue weighted by Gasteiger charge is 2.67. The molecular weight excluding hydrogens is 344 g/mol. The number of hydrogen-bond acceptors (Lipinski definition) is 4. The number of hydrogen-bond donors (Lipinski definition) is 0. The number of amides is 2. The summed E-state index contributed by atoms with van der Waals surface area (Å²) in [5.74, 6) is -0.0219. The molecule has 2 fully saturated rings. The summed E-state index contributed by atoms with van der Waals surface area (Å²) in [7, 11) is 3.69. The summed E-state index contributed by atoms with van der Waals surface area (Å²) in [6, 6.07) is 0.203. The van der Waals surface area contributed by atoms with Crippen LogP contribution in [-0.4, -0.2) is 62.5 Å². The van der Waals surface area contributed by atoms with Crippen molar-refractivity contribution in [3.8, 4) is 0 Å². The van der Waals surface area contributed by atoms with E-state index in [1.165, 1.54) is 0 Å². The molecule has 3 aliphatic rings. The molecule has 4 rings (SSSR count). The highest BCUT2D eigenvalue weighted by Crippen LogP contribution is 2.52. The van der Waals surface area contributed by atoms with Crippen molar-refractivity contribution >= 4 is 11.8 Å². The average molecular weight is 372 g/mol. The maximum atomic E-state index is 13.3. The first-order chi connectivity index (χ1) is 12.9. The van der Waals surface area contributed by atoms with Crippen molar-refractivity contribution in [3.63, 3.8) is 0 Å². The predicted octanol–water partition coefficient (Wildman–Crippen LogP) is 1.35. The molecule has 1 spiro atoms. The molecule has 0 saturated carbocycles. The maximum absolute atomic E-state index is 13.3. The number of likely N-dealkylation sites (tertiary alicyclic amines) is 1. The van der Waals surface area contributed by atoms with E-state index in [2.05, 4.69) is 18.8 Å². The summed E-state index contributed by atoms with van der Waals surface area (Å²) in [4.78, 5) is 34.5. The molecule has 3 aliphatic heterocycles. The lowest BCUT2D eigenvalue weighted by molar-refractivity contribution is -0.143. The first-order valence-corrected chi connectivity index (χ1v) is 9.80. The second-order valence-corrected chi connectivity index (χ2v) is 7.99. The van der Waals surface area contributed by atoms with Gasteiger partial charge in [-0.3, -0.25) is 9.59 Å². The Morgan fingerprint density at radius 2 is 2.19 bits per heavy atom. The fraction of sp³-hybridized carbons (Fsp3) is 0.650. The van der Waals surface area contributed by atoms with Crippen molar-refractivity contribution in [1.82, 2.24) is 19.4 Å². The zero-order valence-electron chi connectivity index (χ0n) is 16.5. The van der Waals surface area contributed by atoms with Gasteiger partial charge in [0, 0.05) is 32.5 Å². The molecule has 2 amide bonds. The molecule has 0 aliphatic carbocycles. The van der Waals surface area contributed by atoms with Gasteiger partial charge in [0.15, 0.2) is 0 Å². The van der Waals surface area contributed by atoms with Gasteiger partial charge in [-0.15, -0.1) is 0 Å². The number of rotatable bonds is 6. The van der Waals surface area contributed by atoms with Crippen LogP contribution in [0.1, 0.15) is 32.5 Å². The van der Waals surface area contributed by atoms with Crippen LogP contribution in [0.2, 0.25) is 0 Å². The van der Waals surface area contributed by atoms with Crippen molar-refractivity contribution in [3.05, 3.63) is 30.4 Å². The van der Waals surface area contributed by atoms with Gasteiger partial charge in [0.25, 0.3) is 0 Å². The molecule has 2 bridgehead atoms. The molecule has 0 radical (unpaired) electrons. The minimum atomic E-state index is -0.630. The molecule has 1 aromatic rings. The topological polar surface area (TPSA) is 67.7 Å². The number of aromatic nitrogens is 2. The fourth-order valence-electron chi connectivity index (χ4n) is 4.94. The molecule has 7 heteroatoms. The van der Waals surface area contributed by atoms with Crippen molar-refractivity contribution in [2.45, 2.75) is 51.0 Å². The number of nitrogens with zero attached hydrogens (tertiary/aromatic N) is 4. The zero-order valence-corrected chi connectivity index (χ0v) is 16.5. The number of carbonyl (C=O) groups excluding carboxylic acids is 2. The SMILES string of the molecule is CCC(CC)N1C[C@]23C=C[C@H](O2)[C@@H](C(=O)N(C)Cc2nccn2C)[C@H]3C1=O. The van der Waals surface area contributed by atoms with E-state index in [9.17, 15) is 9.59 Å². The Bertz CT molecular complexity index is 784. The summed E-state index contributed by atoms with van der Waals surface area (Å²) in [6.45, 7) is 5.18. The standard InChI is InChI=1S/C20H28N4O3/c1-5-13(6-2)24-12-20-8-7-14(27-20)16(17(20)19(24)26)18(25)23(4)11-15-21-9-10-22(15)3/h7-10,13-14,16-17H,5-6,11-12H2,1-4H3/t14-,16+,17-,20-/m0/s1. The van der Waals surface area contributed by atoms with Crippen LogP contribution in [0, 0.1) is 11.8 Å². The van der Waals surface area contributed by atoms with Crippen LogP contribution in [-0.2, 0) is 27.9 Å². The van der Waals surface area contributed by atoms with Crippen molar-refractivity contribution in [1.29, 1.82) is 0 Å². The van der Waals surface area contributed by atoms with E-state index >= 15 is 0 Å². The molecule has 4 atom stereocenters. The maximum Gasteiger partial charge on any atom is 0.230 e. The van der Waals surface area contributed by atoms with Gasteiger partial charge in [0.1, 0.15) is 11.4 Å². The molecule has 0 aromatic carbocycles. The minimum absolute atomic E-state index is 0.0426. The second kappa shape index (κ2) is 6.48. The smallest absolute Gasteiger partial charge is 0.230 e. The van der Waals surface area contributed by atoms with Crippen LogP contribution in [0.5, 0.6) is 0 Å². The average Bonchev–Trinajstić information content (AvgIpc) is 3.39. The summed E-state index contributed by atoms with van der Waals surface area (Å²) in [5.41, 5.74) is -0.630. The normalized spacial score (nSPS) is 31.2. The van der Waals surface area contributed by atoms with E-state index in [1.807, 2.05) is 34.9 Å². The molecule has 27 heavy (non-hydrogen) atoms. The molecule has 1 aromatic heterocycles. The minimum Gasteiger partial charge on any atom is -0.360 e. The molecule has 7 nitrogen and oxygen atoms in total. The molecule has 0 unspecified atom stereocenters. The van der Waals surface area contributed by atoms with E-state index < -0.39 is 17.4 Å². The van der Waals surface area contributed by atoms with Gasteiger partial charge in [0.2, 0.25) is 11.8 Å². The third-order valence-electron chi connectivity index (χ3n) is 6.47. The van der Waals surface area contributed by atoms with Gasteiger partial charge >= 0.3 is 0 Å². The van der Waals surface area contributed by atoms with Gasteiger partial charge in [-0.25, -0.2) is 4.98 Å². The summed E-state index contributed by atoms with van der Waals surface area (Å²) >= 11 is 0. The van der Waals surface area contributed by atoms with Gasteiger partial charge in [-0.1, -0.05) is 26.0 Å². The Balaban J connectivity index is 1.57. The lowest BCUT2D eigenvalue weighted by atomic mass is 9.76. The van der Waals surface area contributed by atoms with Crippen LogP contribution in [0.25, 0.3) is 0 Å². The zero-order chi connectivity index (χ0) is 19.3. The Hall–Kier alpha value is -2.15. The highest BCUT2D eigenvalue weighted by molar-refractivity contribution is 5.93. The molecule has 4 heterocycles. The lowest BCUT2D eigenvalue weighted by Gasteiger charge is -2.29. The molecule has 0 N–H and O–H groups in total. The number of imidazole rings is 1. The van der Waals surface area contributed by atoms with Crippen LogP contribution in [0.3, 0.4) is 0 Å². The van der Waals surface area contributed by atoms with Crippen LogP contribution in [0.4, 0.5) is 0 Å². The van der Waals surface area contributed by atoms with Crippen LogP contribution < -0.4 is 0 Å². The summed E-state index contributed by atoms with van der Waals surface area (Å²) in [6.07, 6.45) is 9.09. The summed E-state index contributed by atoms with van der Waals surface area (Å²) < 4.78 is 8.13. The number of aryl methyl sites for hydroxylation is 1. The molecule has 146 valence electrons. The number of carbonyl (C=O) groups is 2. The van der Waals surface area contributed by atoms with Gasteiger partial charge in [-0.05, 0) is 12.8 Å². The Morgan fingerprint density at radius 1 is 1.44 bits per heavy atom. The van der Waals surface area contributed by atoms with E-state index in [4.69, 9.17) is 4.74 Å².